The van der Waals surface area contributed by atoms with E-state index in [2.05, 4.69) is 31.4 Å². The van der Waals surface area contributed by atoms with E-state index in [0.717, 1.165) is 15.7 Å². The number of nitrogens with zero attached hydrogens (tertiary/aromatic N) is 4. The van der Waals surface area contributed by atoms with Crippen LogP contribution in [0.1, 0.15) is 11.3 Å². The van der Waals surface area contributed by atoms with E-state index in [1.54, 1.807) is 21.8 Å². The average molecular weight is 409 g/mol. The van der Waals surface area contributed by atoms with Crippen molar-refractivity contribution < 1.29 is 4.79 Å². The molecule has 0 aliphatic carbocycles. The van der Waals surface area contributed by atoms with Crippen LogP contribution < -0.4 is 5.32 Å². The highest BCUT2D eigenvalue weighted by atomic mass is 79.9. The molecule has 124 valence electrons. The van der Waals surface area contributed by atoms with Crippen LogP contribution in [0.25, 0.3) is 0 Å². The van der Waals surface area contributed by atoms with Gasteiger partial charge in [-0.15, -0.1) is 0 Å². The van der Waals surface area contributed by atoms with Crippen LogP contribution in [-0.2, 0) is 17.9 Å². The van der Waals surface area contributed by atoms with Gasteiger partial charge in [-0.3, -0.25) is 14.2 Å². The normalized spacial score (nSPS) is 10.8. The quantitative estimate of drug-likeness (QED) is 0.703. The second-order valence-electron chi connectivity index (χ2n) is 5.32. The average Bonchev–Trinajstić information content (AvgIpc) is 3.07. The van der Waals surface area contributed by atoms with Gasteiger partial charge in [0.05, 0.1) is 17.2 Å². The number of anilines is 1. The Bertz CT molecular complexity index is 873. The first kappa shape index (κ1) is 16.7. The first-order valence-electron chi connectivity index (χ1n) is 7.27. The molecular weight excluding hydrogens is 394 g/mol. The molecule has 1 N–H and O–H groups in total. The molecule has 3 aromatic rings. The lowest BCUT2D eigenvalue weighted by atomic mass is 10.2. The van der Waals surface area contributed by atoms with Crippen LogP contribution in [0.5, 0.6) is 0 Å². The number of amides is 1. The predicted octanol–water partition coefficient (Wildman–Crippen LogP) is 3.49. The molecule has 0 atom stereocenters. The van der Waals surface area contributed by atoms with Crippen molar-refractivity contribution in [3.05, 3.63) is 63.5 Å². The lowest BCUT2D eigenvalue weighted by Crippen LogP contribution is -2.19. The van der Waals surface area contributed by atoms with Gasteiger partial charge in [0.15, 0.2) is 5.82 Å². The fourth-order valence-corrected chi connectivity index (χ4v) is 2.80. The van der Waals surface area contributed by atoms with E-state index in [1.807, 2.05) is 37.3 Å². The molecule has 2 aromatic heterocycles. The molecule has 8 heteroatoms. The second-order valence-corrected chi connectivity index (χ2v) is 6.65. The van der Waals surface area contributed by atoms with Crippen molar-refractivity contribution in [2.75, 3.05) is 5.32 Å². The Labute approximate surface area is 152 Å². The van der Waals surface area contributed by atoms with Crippen molar-refractivity contribution in [3.63, 3.8) is 0 Å². The molecule has 6 nitrogen and oxygen atoms in total. The minimum atomic E-state index is -0.187. The fourth-order valence-electron chi connectivity index (χ4n) is 2.27. The molecule has 0 fully saturated rings. The molecule has 0 radical (unpaired) electrons. The smallest absolute Gasteiger partial charge is 0.247 e. The van der Waals surface area contributed by atoms with Gasteiger partial charge < -0.3 is 5.32 Å². The predicted molar refractivity (Wildman–Crippen MR) is 96.1 cm³/mol. The maximum Gasteiger partial charge on any atom is 0.247 e. The number of rotatable bonds is 5. The van der Waals surface area contributed by atoms with Crippen LogP contribution in [0, 0.1) is 6.92 Å². The van der Waals surface area contributed by atoms with Gasteiger partial charge in [0.2, 0.25) is 5.91 Å². The standard InChI is InChI=1S/C16H15BrClN5O/c1-11-6-15(20-16(24)10-22-9-13(17)7-19-22)21-23(11)8-12-4-2-3-5-14(12)18/h2-7,9H,8,10H2,1H3,(H,20,21,24). The minimum Gasteiger partial charge on any atom is -0.308 e. The molecule has 1 aromatic carbocycles. The number of carbonyl (C=O) groups is 1. The highest BCUT2D eigenvalue weighted by Gasteiger charge is 2.10. The molecule has 0 bridgehead atoms. The molecule has 0 aliphatic heterocycles. The lowest BCUT2D eigenvalue weighted by Gasteiger charge is -2.06. The first-order chi connectivity index (χ1) is 11.5. The SMILES string of the molecule is Cc1cc(NC(=O)Cn2cc(Br)cn2)nn1Cc1ccccc1Cl. The summed E-state index contributed by atoms with van der Waals surface area (Å²) in [6.45, 7) is 2.61. The third-order valence-electron chi connectivity index (χ3n) is 3.43. The Morgan fingerprint density at radius 3 is 2.88 bits per heavy atom. The molecule has 3 rings (SSSR count). The summed E-state index contributed by atoms with van der Waals surface area (Å²) >= 11 is 9.48. The highest BCUT2D eigenvalue weighted by Crippen LogP contribution is 2.18. The van der Waals surface area contributed by atoms with Gasteiger partial charge in [-0.1, -0.05) is 29.8 Å². The third-order valence-corrected chi connectivity index (χ3v) is 4.21. The van der Waals surface area contributed by atoms with E-state index in [0.29, 0.717) is 17.4 Å². The van der Waals surface area contributed by atoms with Crippen LogP contribution in [0.2, 0.25) is 5.02 Å². The maximum atomic E-state index is 12.1. The Morgan fingerprint density at radius 1 is 1.38 bits per heavy atom. The van der Waals surface area contributed by atoms with Gasteiger partial charge in [-0.25, -0.2) is 0 Å². The number of benzene rings is 1. The zero-order chi connectivity index (χ0) is 17.1. The number of aryl methyl sites for hydroxylation is 1. The maximum absolute atomic E-state index is 12.1. The summed E-state index contributed by atoms with van der Waals surface area (Å²) in [5.74, 6) is 0.323. The van der Waals surface area contributed by atoms with Crippen molar-refractivity contribution >= 4 is 39.3 Å². The number of hydrogen-bond acceptors (Lipinski definition) is 3. The van der Waals surface area contributed by atoms with Crippen LogP contribution in [0.15, 0.2) is 47.2 Å². The summed E-state index contributed by atoms with van der Waals surface area (Å²) in [5.41, 5.74) is 1.91. The Kier molecular flexibility index (Phi) is 5.01. The van der Waals surface area contributed by atoms with Gasteiger partial charge in [-0.2, -0.15) is 10.2 Å². The summed E-state index contributed by atoms with van der Waals surface area (Å²) in [5, 5.41) is 12.0. The molecule has 0 spiro atoms. The van der Waals surface area contributed by atoms with E-state index >= 15 is 0 Å². The molecule has 24 heavy (non-hydrogen) atoms. The number of halogens is 2. The Hall–Kier alpha value is -2.12. The highest BCUT2D eigenvalue weighted by molar-refractivity contribution is 9.10. The topological polar surface area (TPSA) is 64.7 Å². The van der Waals surface area contributed by atoms with Crippen LogP contribution in [-0.4, -0.2) is 25.5 Å². The Morgan fingerprint density at radius 2 is 2.17 bits per heavy atom. The number of carbonyl (C=O) groups excluding carboxylic acids is 1. The van der Waals surface area contributed by atoms with Crippen molar-refractivity contribution in [3.8, 4) is 0 Å². The first-order valence-corrected chi connectivity index (χ1v) is 8.44. The molecule has 1 amide bonds. The van der Waals surface area contributed by atoms with Crippen LogP contribution >= 0.6 is 27.5 Å². The third kappa shape index (κ3) is 4.04. The molecule has 2 heterocycles. The van der Waals surface area contributed by atoms with Gasteiger partial charge in [0, 0.05) is 23.0 Å². The van der Waals surface area contributed by atoms with E-state index in [9.17, 15) is 4.79 Å². The molecular formula is C16H15BrClN5O. The zero-order valence-electron chi connectivity index (χ0n) is 12.9. The monoisotopic (exact) mass is 407 g/mol. The van der Waals surface area contributed by atoms with Crippen LogP contribution in [0.3, 0.4) is 0 Å². The van der Waals surface area contributed by atoms with Crippen molar-refractivity contribution in [1.29, 1.82) is 0 Å². The van der Waals surface area contributed by atoms with Crippen molar-refractivity contribution in [2.24, 2.45) is 0 Å². The largest absolute Gasteiger partial charge is 0.308 e. The molecule has 0 saturated carbocycles. The van der Waals surface area contributed by atoms with Crippen molar-refractivity contribution in [1.82, 2.24) is 19.6 Å². The van der Waals surface area contributed by atoms with E-state index in [4.69, 9.17) is 11.6 Å². The van der Waals surface area contributed by atoms with Gasteiger partial charge in [0.1, 0.15) is 6.54 Å². The number of nitrogens with one attached hydrogen (secondary N) is 1. The fraction of sp³-hybridized carbons (Fsp3) is 0.188. The van der Waals surface area contributed by atoms with Gasteiger partial charge >= 0.3 is 0 Å². The number of aromatic nitrogens is 4. The molecule has 0 unspecified atom stereocenters. The second kappa shape index (κ2) is 7.19. The van der Waals surface area contributed by atoms with E-state index in [-0.39, 0.29) is 12.5 Å². The Balaban J connectivity index is 1.67. The number of hydrogen-bond donors (Lipinski definition) is 1. The summed E-state index contributed by atoms with van der Waals surface area (Å²) in [6.07, 6.45) is 3.37. The lowest BCUT2D eigenvalue weighted by molar-refractivity contribution is -0.116. The summed E-state index contributed by atoms with van der Waals surface area (Å²) in [7, 11) is 0. The van der Waals surface area contributed by atoms with Gasteiger partial charge in [-0.05, 0) is 34.5 Å². The van der Waals surface area contributed by atoms with Crippen molar-refractivity contribution in [2.45, 2.75) is 20.0 Å². The van der Waals surface area contributed by atoms with E-state index < -0.39 is 0 Å². The minimum absolute atomic E-state index is 0.127. The van der Waals surface area contributed by atoms with E-state index in [1.165, 1.54) is 0 Å². The zero-order valence-corrected chi connectivity index (χ0v) is 15.3. The summed E-state index contributed by atoms with van der Waals surface area (Å²) in [6, 6.07) is 9.46. The summed E-state index contributed by atoms with van der Waals surface area (Å²) < 4.78 is 4.18. The van der Waals surface area contributed by atoms with Gasteiger partial charge in [0.25, 0.3) is 0 Å². The summed E-state index contributed by atoms with van der Waals surface area (Å²) in [4.78, 5) is 12.1. The molecule has 0 aliphatic rings. The molecule has 0 saturated heterocycles. The van der Waals surface area contributed by atoms with Crippen LogP contribution in [0.4, 0.5) is 5.82 Å².